The second-order valence-corrected chi connectivity index (χ2v) is 8.30. The van der Waals surface area contributed by atoms with E-state index >= 15 is 0 Å². The topological polar surface area (TPSA) is 74.2 Å². The molecule has 1 atom stereocenters. The number of nitrogens with one attached hydrogen (secondary N) is 1. The first-order valence-electron chi connectivity index (χ1n) is 10.2. The fraction of sp³-hybridized carbons (Fsp3) is 0.842. The van der Waals surface area contributed by atoms with Gasteiger partial charge in [0.1, 0.15) is 5.71 Å². The number of carbonyl (C=O) groups excluding carboxylic acids is 2. The highest BCUT2D eigenvalue weighted by Crippen LogP contribution is 2.30. The molecule has 26 heavy (non-hydrogen) atoms. The van der Waals surface area contributed by atoms with Crippen LogP contribution in [-0.4, -0.2) is 72.2 Å². The molecule has 0 aromatic carbocycles. The van der Waals surface area contributed by atoms with E-state index in [1.807, 2.05) is 9.80 Å². The first-order chi connectivity index (χ1) is 12.7. The fourth-order valence-corrected chi connectivity index (χ4v) is 4.69. The van der Waals surface area contributed by atoms with Gasteiger partial charge in [0.15, 0.2) is 5.60 Å². The van der Waals surface area contributed by atoms with Crippen LogP contribution in [0, 0.1) is 5.92 Å². The third kappa shape index (κ3) is 3.72. The lowest BCUT2D eigenvalue weighted by Crippen LogP contribution is -2.52. The molecule has 0 aromatic rings. The average molecular weight is 362 g/mol. The Hall–Kier alpha value is -1.63. The first kappa shape index (κ1) is 17.8. The molecule has 3 fully saturated rings. The molecule has 0 radical (unpaired) electrons. The Balaban J connectivity index is 1.24. The molecule has 0 aromatic heterocycles. The lowest BCUT2D eigenvalue weighted by molar-refractivity contribution is -0.137. The van der Waals surface area contributed by atoms with E-state index in [0.717, 1.165) is 19.5 Å². The molecule has 1 saturated carbocycles. The van der Waals surface area contributed by atoms with Crippen LogP contribution < -0.4 is 5.32 Å². The summed E-state index contributed by atoms with van der Waals surface area (Å²) in [6, 6.07) is 0. The molecule has 2 amide bonds. The van der Waals surface area contributed by atoms with E-state index in [1.54, 1.807) is 0 Å². The molecule has 1 unspecified atom stereocenters. The molecule has 4 aliphatic rings. The largest absolute Gasteiger partial charge is 0.387 e. The molecular weight excluding hydrogens is 332 g/mol. The summed E-state index contributed by atoms with van der Waals surface area (Å²) >= 11 is 0. The monoisotopic (exact) mass is 362 g/mol. The quantitative estimate of drug-likeness (QED) is 0.817. The zero-order valence-electron chi connectivity index (χ0n) is 15.5. The van der Waals surface area contributed by atoms with E-state index in [-0.39, 0.29) is 17.4 Å². The van der Waals surface area contributed by atoms with Gasteiger partial charge in [0.2, 0.25) is 5.91 Å². The molecule has 1 spiro atoms. The van der Waals surface area contributed by atoms with Crippen molar-refractivity contribution in [3.63, 3.8) is 0 Å². The van der Waals surface area contributed by atoms with Crippen molar-refractivity contribution in [2.24, 2.45) is 11.1 Å². The van der Waals surface area contributed by atoms with Gasteiger partial charge in [0.25, 0.3) is 5.91 Å². The molecule has 144 valence electrons. The van der Waals surface area contributed by atoms with Crippen molar-refractivity contribution >= 4 is 17.5 Å². The van der Waals surface area contributed by atoms with Crippen LogP contribution in [0.3, 0.4) is 0 Å². The van der Waals surface area contributed by atoms with Crippen LogP contribution in [-0.2, 0) is 14.4 Å². The molecule has 2 saturated heterocycles. The minimum absolute atomic E-state index is 0.0202. The Kier molecular flexibility index (Phi) is 5.16. The Bertz CT molecular complexity index is 571. The molecule has 1 N–H and O–H groups in total. The predicted molar refractivity (Wildman–Crippen MR) is 97.7 cm³/mol. The molecule has 4 rings (SSSR count). The highest BCUT2D eigenvalue weighted by Gasteiger charge is 2.44. The van der Waals surface area contributed by atoms with Crippen molar-refractivity contribution in [2.75, 3.05) is 39.3 Å². The fourth-order valence-electron chi connectivity index (χ4n) is 4.69. The van der Waals surface area contributed by atoms with E-state index in [1.165, 1.54) is 32.1 Å². The van der Waals surface area contributed by atoms with Gasteiger partial charge in [-0.15, -0.1) is 0 Å². The second-order valence-electron chi connectivity index (χ2n) is 8.30. The normalized spacial score (nSPS) is 29.8. The van der Waals surface area contributed by atoms with Crippen molar-refractivity contribution in [3.05, 3.63) is 0 Å². The Morgan fingerprint density at radius 1 is 1.12 bits per heavy atom. The summed E-state index contributed by atoms with van der Waals surface area (Å²) in [6.45, 7) is 4.14. The summed E-state index contributed by atoms with van der Waals surface area (Å²) in [6.07, 6.45) is 8.42. The maximum atomic E-state index is 12.7. The Labute approximate surface area is 155 Å². The average Bonchev–Trinajstić information content (AvgIpc) is 3.32. The molecule has 0 bridgehead atoms. The number of amides is 2. The van der Waals surface area contributed by atoms with Crippen LogP contribution in [0.25, 0.3) is 0 Å². The Morgan fingerprint density at radius 3 is 2.54 bits per heavy atom. The SMILES string of the molecule is O=C(CC1CCCCC1)N1CCN(C(=O)C2=NOC3(CCNC3)C2)CC1. The number of hydrogen-bond acceptors (Lipinski definition) is 5. The summed E-state index contributed by atoms with van der Waals surface area (Å²) in [5.74, 6) is 0.812. The van der Waals surface area contributed by atoms with E-state index < -0.39 is 0 Å². The smallest absolute Gasteiger partial charge is 0.271 e. The van der Waals surface area contributed by atoms with Crippen molar-refractivity contribution in [1.82, 2.24) is 15.1 Å². The van der Waals surface area contributed by atoms with E-state index in [2.05, 4.69) is 10.5 Å². The molecule has 7 heteroatoms. The van der Waals surface area contributed by atoms with E-state index in [0.29, 0.717) is 50.7 Å². The zero-order valence-corrected chi connectivity index (χ0v) is 15.5. The predicted octanol–water partition coefficient (Wildman–Crippen LogP) is 1.14. The minimum atomic E-state index is -0.303. The van der Waals surface area contributed by atoms with Crippen LogP contribution in [0.5, 0.6) is 0 Å². The van der Waals surface area contributed by atoms with Crippen LogP contribution in [0.2, 0.25) is 0 Å². The number of rotatable bonds is 3. The van der Waals surface area contributed by atoms with Crippen LogP contribution in [0.1, 0.15) is 51.4 Å². The standard InChI is InChI=1S/C19H30N4O3/c24-17(12-15-4-2-1-3-5-15)22-8-10-23(11-9-22)18(25)16-13-19(26-21-16)6-7-20-14-19/h15,20H,1-14H2. The first-order valence-corrected chi connectivity index (χ1v) is 10.2. The second kappa shape index (κ2) is 7.55. The number of carbonyl (C=O) groups is 2. The summed E-state index contributed by atoms with van der Waals surface area (Å²) in [5, 5.41) is 7.36. The van der Waals surface area contributed by atoms with Crippen molar-refractivity contribution in [3.8, 4) is 0 Å². The third-order valence-corrected chi connectivity index (χ3v) is 6.40. The van der Waals surface area contributed by atoms with Gasteiger partial charge < -0.3 is 20.0 Å². The maximum absolute atomic E-state index is 12.7. The number of nitrogens with zero attached hydrogens (tertiary/aromatic N) is 3. The van der Waals surface area contributed by atoms with E-state index in [9.17, 15) is 9.59 Å². The number of hydrogen-bond donors (Lipinski definition) is 1. The third-order valence-electron chi connectivity index (χ3n) is 6.40. The van der Waals surface area contributed by atoms with Gasteiger partial charge in [-0.25, -0.2) is 0 Å². The molecule has 7 nitrogen and oxygen atoms in total. The van der Waals surface area contributed by atoms with Gasteiger partial charge >= 0.3 is 0 Å². The van der Waals surface area contributed by atoms with Gasteiger partial charge in [-0.1, -0.05) is 24.4 Å². The zero-order chi connectivity index (χ0) is 18.0. The minimum Gasteiger partial charge on any atom is -0.387 e. The van der Waals surface area contributed by atoms with Crippen molar-refractivity contribution in [1.29, 1.82) is 0 Å². The van der Waals surface area contributed by atoms with Gasteiger partial charge in [-0.2, -0.15) is 0 Å². The van der Waals surface area contributed by atoms with Gasteiger partial charge in [0, 0.05) is 52.0 Å². The highest BCUT2D eigenvalue weighted by molar-refractivity contribution is 6.39. The molecular formula is C19H30N4O3. The number of piperazine rings is 1. The maximum Gasteiger partial charge on any atom is 0.271 e. The van der Waals surface area contributed by atoms with Crippen LogP contribution in [0.4, 0.5) is 0 Å². The van der Waals surface area contributed by atoms with E-state index in [4.69, 9.17) is 4.84 Å². The lowest BCUT2D eigenvalue weighted by Gasteiger charge is -2.35. The van der Waals surface area contributed by atoms with Gasteiger partial charge in [-0.05, 0) is 25.3 Å². The molecule has 3 heterocycles. The van der Waals surface area contributed by atoms with Crippen LogP contribution >= 0.6 is 0 Å². The summed E-state index contributed by atoms with van der Waals surface area (Å²) < 4.78 is 0. The summed E-state index contributed by atoms with van der Waals surface area (Å²) in [7, 11) is 0. The Morgan fingerprint density at radius 2 is 1.85 bits per heavy atom. The van der Waals surface area contributed by atoms with Gasteiger partial charge in [-0.3, -0.25) is 9.59 Å². The molecule has 1 aliphatic carbocycles. The van der Waals surface area contributed by atoms with Crippen molar-refractivity contribution in [2.45, 2.75) is 57.0 Å². The molecule has 3 aliphatic heterocycles. The highest BCUT2D eigenvalue weighted by atomic mass is 16.7. The number of oxime groups is 1. The van der Waals surface area contributed by atoms with Crippen molar-refractivity contribution < 1.29 is 14.4 Å². The summed E-state index contributed by atoms with van der Waals surface area (Å²) in [4.78, 5) is 34.6. The van der Waals surface area contributed by atoms with Gasteiger partial charge in [0.05, 0.1) is 0 Å². The summed E-state index contributed by atoms with van der Waals surface area (Å²) in [5.41, 5.74) is 0.235. The lowest BCUT2D eigenvalue weighted by atomic mass is 9.86. The van der Waals surface area contributed by atoms with Crippen LogP contribution in [0.15, 0.2) is 5.16 Å².